The molecule has 3 aromatic carbocycles. The van der Waals surface area contributed by atoms with Gasteiger partial charge in [-0.1, -0.05) is 42.5 Å². The number of anilines is 3. The number of esters is 1. The molecule has 1 heterocycles. The minimum Gasteiger partial charge on any atom is -0.464 e. The van der Waals surface area contributed by atoms with E-state index in [1.54, 1.807) is 86.8 Å². The number of carbonyl (C=O) groups excluding carboxylic acids is 2. The van der Waals surface area contributed by atoms with E-state index in [1.165, 1.54) is 11.0 Å². The van der Waals surface area contributed by atoms with E-state index in [-0.39, 0.29) is 12.3 Å². The number of hydrogen-bond acceptors (Lipinski definition) is 5. The zero-order valence-electron chi connectivity index (χ0n) is 21.3. The van der Waals surface area contributed by atoms with Crippen LogP contribution in [0.3, 0.4) is 0 Å². The van der Waals surface area contributed by atoms with Crippen molar-refractivity contribution in [1.82, 2.24) is 4.98 Å². The van der Waals surface area contributed by atoms with Crippen LogP contribution in [0.4, 0.5) is 30.2 Å². The summed E-state index contributed by atoms with van der Waals surface area (Å²) in [6.45, 7) is 3.60. The van der Waals surface area contributed by atoms with Gasteiger partial charge in [-0.2, -0.15) is 13.2 Å². The molecule has 9 heteroatoms. The Morgan fingerprint density at radius 1 is 0.974 bits per heavy atom. The molecule has 39 heavy (non-hydrogen) atoms. The summed E-state index contributed by atoms with van der Waals surface area (Å²) in [5.74, 6) is -0.438. The Balaban J connectivity index is 1.89. The molecule has 1 amide bonds. The van der Waals surface area contributed by atoms with Gasteiger partial charge in [-0.15, -0.1) is 0 Å². The minimum atomic E-state index is -4.61. The maximum atomic E-state index is 13.7. The second kappa shape index (κ2) is 11.8. The third-order valence-corrected chi connectivity index (χ3v) is 6.00. The number of amides is 1. The van der Waals surface area contributed by atoms with Crippen LogP contribution in [0.25, 0.3) is 22.4 Å². The average molecular weight is 534 g/mol. The molecule has 6 nitrogen and oxygen atoms in total. The van der Waals surface area contributed by atoms with Gasteiger partial charge in [0.25, 0.3) is 0 Å². The average Bonchev–Trinajstić information content (AvgIpc) is 2.94. The van der Waals surface area contributed by atoms with Crippen LogP contribution < -0.4 is 10.2 Å². The Labute approximate surface area is 224 Å². The number of hydrogen-bond donors (Lipinski definition) is 1. The lowest BCUT2D eigenvalue weighted by Gasteiger charge is -2.25. The number of ether oxygens (including phenoxy) is 1. The topological polar surface area (TPSA) is 71.5 Å². The number of halogens is 3. The van der Waals surface area contributed by atoms with Crippen molar-refractivity contribution in [3.8, 4) is 22.4 Å². The number of carbonyl (C=O) groups is 2. The molecule has 0 fully saturated rings. The number of alkyl halides is 3. The Morgan fingerprint density at radius 3 is 2.36 bits per heavy atom. The lowest BCUT2D eigenvalue weighted by atomic mass is 9.99. The Bertz CT molecular complexity index is 1440. The van der Waals surface area contributed by atoms with Gasteiger partial charge in [-0.3, -0.25) is 14.7 Å². The molecule has 1 N–H and O–H groups in total. The van der Waals surface area contributed by atoms with Crippen molar-refractivity contribution >= 4 is 29.4 Å². The highest BCUT2D eigenvalue weighted by molar-refractivity contribution is 5.99. The molecule has 0 aliphatic heterocycles. The van der Waals surface area contributed by atoms with Gasteiger partial charge >= 0.3 is 12.1 Å². The molecule has 0 saturated carbocycles. The van der Waals surface area contributed by atoms with E-state index in [4.69, 9.17) is 4.74 Å². The number of aromatic nitrogens is 1. The lowest BCUT2D eigenvalue weighted by molar-refractivity contribution is -0.143. The summed E-state index contributed by atoms with van der Waals surface area (Å²) < 4.78 is 46.3. The second-order valence-corrected chi connectivity index (χ2v) is 8.64. The number of nitrogens with zero attached hydrogens (tertiary/aromatic N) is 2. The first-order valence-corrected chi connectivity index (χ1v) is 12.2. The van der Waals surface area contributed by atoms with Gasteiger partial charge in [0.2, 0.25) is 6.41 Å². The molecule has 1 aromatic heterocycles. The fourth-order valence-electron chi connectivity index (χ4n) is 4.15. The largest absolute Gasteiger partial charge is 0.464 e. The highest BCUT2D eigenvalue weighted by Crippen LogP contribution is 2.42. The zero-order valence-corrected chi connectivity index (χ0v) is 21.3. The van der Waals surface area contributed by atoms with Crippen LogP contribution in [0.5, 0.6) is 0 Å². The fourth-order valence-corrected chi connectivity index (χ4v) is 4.15. The minimum absolute atomic E-state index is 0.0591. The van der Waals surface area contributed by atoms with E-state index in [9.17, 15) is 22.8 Å². The van der Waals surface area contributed by atoms with Gasteiger partial charge < -0.3 is 10.1 Å². The fraction of sp³-hybridized carbons (Fsp3) is 0.167. The summed E-state index contributed by atoms with van der Waals surface area (Å²) in [5.41, 5.74) is 2.08. The number of nitrogens with one attached hydrogen (secondary N) is 1. The molecule has 1 atom stereocenters. The lowest BCUT2D eigenvalue weighted by Crippen LogP contribution is -2.28. The molecule has 0 aliphatic rings. The smallest absolute Gasteiger partial charge is 0.416 e. The van der Waals surface area contributed by atoms with Gasteiger partial charge in [-0.05, 0) is 61.9 Å². The summed E-state index contributed by atoms with van der Waals surface area (Å²) in [5, 5.41) is 3.07. The molecule has 200 valence electrons. The van der Waals surface area contributed by atoms with E-state index in [2.05, 4.69) is 10.3 Å². The second-order valence-electron chi connectivity index (χ2n) is 8.64. The van der Waals surface area contributed by atoms with Gasteiger partial charge in [0, 0.05) is 23.0 Å². The summed E-state index contributed by atoms with van der Waals surface area (Å²) in [4.78, 5) is 30.3. The monoisotopic (exact) mass is 533 g/mol. The van der Waals surface area contributed by atoms with Crippen LogP contribution in [-0.2, 0) is 20.5 Å². The van der Waals surface area contributed by atoms with Gasteiger partial charge in [0.15, 0.2) is 0 Å². The van der Waals surface area contributed by atoms with Gasteiger partial charge in [0.05, 0.1) is 29.2 Å². The highest BCUT2D eigenvalue weighted by Gasteiger charge is 2.32. The third-order valence-electron chi connectivity index (χ3n) is 6.00. The van der Waals surface area contributed by atoms with Crippen LogP contribution in [-0.4, -0.2) is 30.0 Å². The van der Waals surface area contributed by atoms with Crippen molar-refractivity contribution in [2.45, 2.75) is 26.1 Å². The van der Waals surface area contributed by atoms with Crippen LogP contribution >= 0.6 is 0 Å². The van der Waals surface area contributed by atoms with Crippen molar-refractivity contribution in [3.05, 3.63) is 96.7 Å². The van der Waals surface area contributed by atoms with Crippen molar-refractivity contribution in [2.24, 2.45) is 0 Å². The number of benzene rings is 3. The molecule has 0 aliphatic carbocycles. The zero-order chi connectivity index (χ0) is 28.0. The summed E-state index contributed by atoms with van der Waals surface area (Å²) in [6.07, 6.45) is -2.55. The number of rotatable bonds is 9. The first-order valence-electron chi connectivity index (χ1n) is 12.2. The maximum absolute atomic E-state index is 13.7. The molecule has 0 bridgehead atoms. The molecule has 4 aromatic rings. The van der Waals surface area contributed by atoms with E-state index >= 15 is 0 Å². The molecular formula is C30H26F3N3O3. The molecular weight excluding hydrogens is 507 g/mol. The molecule has 1 unspecified atom stereocenters. The molecule has 0 radical (unpaired) electrons. The quantitative estimate of drug-likeness (QED) is 0.184. The van der Waals surface area contributed by atoms with E-state index < -0.39 is 23.8 Å². The van der Waals surface area contributed by atoms with Crippen LogP contribution in [0.1, 0.15) is 19.4 Å². The molecule has 4 rings (SSSR count). The highest BCUT2D eigenvalue weighted by atomic mass is 19.4. The predicted octanol–water partition coefficient (Wildman–Crippen LogP) is 7.09. The predicted molar refractivity (Wildman–Crippen MR) is 144 cm³/mol. The first kappa shape index (κ1) is 27.4. The van der Waals surface area contributed by atoms with Gasteiger partial charge in [0.1, 0.15) is 6.04 Å². The third kappa shape index (κ3) is 6.26. The SMILES string of the molecule is CCOC(=O)C(C)Nc1ccc(N(C=O)c2cc(C(F)(F)F)ccc2-c2ccccc2)c(-c2ccccn2)c1. The standard InChI is InChI=1S/C30H26F3N3O3/c1-3-39-29(38)20(2)35-23-13-15-27(25(18-23)26-11-7-8-16-34-26)36(19-37)28-17-22(30(31,32)33)12-14-24(28)21-9-5-4-6-10-21/h4-20,35H,3H2,1-2H3. The summed E-state index contributed by atoms with van der Waals surface area (Å²) in [7, 11) is 0. The number of pyridine rings is 1. The van der Waals surface area contributed by atoms with E-state index in [1.807, 2.05) is 0 Å². The Morgan fingerprint density at radius 2 is 1.72 bits per heavy atom. The van der Waals surface area contributed by atoms with Crippen LogP contribution in [0, 0.1) is 0 Å². The van der Waals surface area contributed by atoms with Gasteiger partial charge in [-0.25, -0.2) is 4.79 Å². The van der Waals surface area contributed by atoms with Crippen molar-refractivity contribution < 1.29 is 27.5 Å². The van der Waals surface area contributed by atoms with Crippen LogP contribution in [0.15, 0.2) is 91.1 Å². The summed E-state index contributed by atoms with van der Waals surface area (Å²) >= 11 is 0. The maximum Gasteiger partial charge on any atom is 0.416 e. The Hall–Kier alpha value is -4.66. The van der Waals surface area contributed by atoms with Crippen LogP contribution in [0.2, 0.25) is 0 Å². The van der Waals surface area contributed by atoms with E-state index in [0.717, 1.165) is 12.1 Å². The molecule has 0 spiro atoms. The first-order chi connectivity index (χ1) is 18.7. The van der Waals surface area contributed by atoms with E-state index in [0.29, 0.717) is 40.2 Å². The summed E-state index contributed by atoms with van der Waals surface area (Å²) in [6, 6.07) is 21.7. The Kier molecular flexibility index (Phi) is 8.29. The van der Waals surface area contributed by atoms with Crippen molar-refractivity contribution in [2.75, 3.05) is 16.8 Å². The normalized spacial score (nSPS) is 11.9. The molecule has 0 saturated heterocycles. The van der Waals surface area contributed by atoms with Crippen molar-refractivity contribution in [3.63, 3.8) is 0 Å². The van der Waals surface area contributed by atoms with Crippen molar-refractivity contribution in [1.29, 1.82) is 0 Å².